The maximum absolute atomic E-state index is 9.95. The monoisotopic (exact) mass is 1180 g/mol. The first-order valence-electron chi connectivity index (χ1n) is 31.8. The second kappa shape index (κ2) is 18.6. The van der Waals surface area contributed by atoms with E-state index in [0.717, 1.165) is 27.4 Å². The number of hydrogen-bond donors (Lipinski definition) is 0. The van der Waals surface area contributed by atoms with E-state index in [9.17, 15) is 9.60 Å². The number of fused-ring (bicyclic) bond motifs is 10. The molecular weight excluding hydrogens is 1110 g/mol. The van der Waals surface area contributed by atoms with E-state index in [4.69, 9.17) is 19.3 Å². The van der Waals surface area contributed by atoms with Crippen molar-refractivity contribution in [1.82, 2.24) is 14.1 Å². The summed E-state index contributed by atoms with van der Waals surface area (Å²) in [6.07, 6.45) is 5.39. The maximum Gasteiger partial charge on any atom is 0.268 e. The molecule has 12 aromatic rings. The molecular formula is C70H56N4OPt-2. The van der Waals surface area contributed by atoms with Crippen LogP contribution in [0.2, 0.25) is 0 Å². The van der Waals surface area contributed by atoms with Gasteiger partial charge in [-0.25, -0.2) is 4.98 Å². The second-order valence-electron chi connectivity index (χ2n) is 21.0. The summed E-state index contributed by atoms with van der Waals surface area (Å²) < 4.78 is 141. The molecule has 0 aliphatic carbocycles. The Morgan fingerprint density at radius 1 is 0.553 bits per heavy atom. The third-order valence-electron chi connectivity index (χ3n) is 14.2. The van der Waals surface area contributed by atoms with Crippen LogP contribution in [0.25, 0.3) is 106 Å². The largest absolute Gasteiger partial charge is 0.510 e. The number of pyridine rings is 1. The molecule has 5 nitrogen and oxygen atoms in total. The van der Waals surface area contributed by atoms with E-state index in [1.54, 1.807) is 51.7 Å². The van der Waals surface area contributed by atoms with Gasteiger partial charge in [-0.3, -0.25) is 4.57 Å². The van der Waals surface area contributed by atoms with Crippen LogP contribution in [0.1, 0.15) is 83.0 Å². The Balaban J connectivity index is 0.00000785. The minimum absolute atomic E-state index is 0. The summed E-state index contributed by atoms with van der Waals surface area (Å²) in [5, 5.41) is 1.91. The molecule has 0 radical (unpaired) electrons. The number of imidazole rings is 1. The van der Waals surface area contributed by atoms with E-state index in [0.29, 0.717) is 39.6 Å². The van der Waals surface area contributed by atoms with Gasteiger partial charge in [0.05, 0.1) is 27.7 Å². The molecule has 0 atom stereocenters. The average molecular weight is 1180 g/mol. The van der Waals surface area contributed by atoms with Gasteiger partial charge in [-0.15, -0.1) is 29.7 Å². The van der Waals surface area contributed by atoms with Crippen LogP contribution in [0.4, 0.5) is 0 Å². The maximum atomic E-state index is 9.95. The third kappa shape index (κ3) is 8.20. The van der Waals surface area contributed by atoms with Crippen molar-refractivity contribution in [3.05, 3.63) is 235 Å². The molecule has 1 aliphatic rings. The molecule has 9 aromatic carbocycles. The van der Waals surface area contributed by atoms with Gasteiger partial charge >= 0.3 is 0 Å². The Hall–Kier alpha value is -8.11. The van der Waals surface area contributed by atoms with Crippen molar-refractivity contribution in [2.24, 2.45) is 0 Å². The number of hydrogen-bond acceptors (Lipinski definition) is 2. The fourth-order valence-electron chi connectivity index (χ4n) is 10.5. The summed E-state index contributed by atoms with van der Waals surface area (Å²) >= 11 is 0. The molecule has 0 fully saturated rings. The van der Waals surface area contributed by atoms with Gasteiger partial charge in [-0.05, 0) is 138 Å². The van der Waals surface area contributed by atoms with Crippen LogP contribution >= 0.6 is 0 Å². The van der Waals surface area contributed by atoms with E-state index in [-0.39, 0.29) is 104 Å². The van der Waals surface area contributed by atoms with Gasteiger partial charge in [-0.2, -0.15) is 18.2 Å². The van der Waals surface area contributed by atoms with E-state index >= 15 is 0 Å². The predicted molar refractivity (Wildman–Crippen MR) is 308 cm³/mol. The van der Waals surface area contributed by atoms with Gasteiger partial charge in [0.1, 0.15) is 5.82 Å². The van der Waals surface area contributed by atoms with E-state index in [2.05, 4.69) is 76.7 Å². The average Bonchev–Trinajstić information content (AvgIpc) is 1.55. The quantitative estimate of drug-likeness (QED) is 0.123. The van der Waals surface area contributed by atoms with Crippen LogP contribution < -0.4 is 9.30 Å². The molecule has 1 aliphatic heterocycles. The summed E-state index contributed by atoms with van der Waals surface area (Å²) in [6, 6.07) is 43.8. The topological polar surface area (TPSA) is 35.9 Å². The Kier molecular flexibility index (Phi) is 8.62. The van der Waals surface area contributed by atoms with Crippen molar-refractivity contribution in [2.45, 2.75) is 66.1 Å². The van der Waals surface area contributed by atoms with E-state index in [1.165, 1.54) is 24.3 Å². The van der Waals surface area contributed by atoms with Gasteiger partial charge in [0.15, 0.2) is 0 Å². The fourth-order valence-corrected chi connectivity index (χ4v) is 10.5. The molecule has 13 rings (SSSR count). The second-order valence-corrected chi connectivity index (χ2v) is 21.0. The first kappa shape index (κ1) is 35.2. The number of ether oxygens (including phenoxy) is 1. The van der Waals surface area contributed by atoms with Crippen molar-refractivity contribution in [3.8, 4) is 84.3 Å². The van der Waals surface area contributed by atoms with Gasteiger partial charge in [0.25, 0.3) is 6.33 Å². The SMILES string of the molecule is [2H]c1c([2H])c([2H])c2c(c1[2H])-c1cccc(-c3ccc(C(C)(C)C)cc3)c1-[n+]1[c-]n(-c3[c-]c(Oc4[c-]c5c(cc4)c4ccccc4n5-c4cc(C(C)(C)C)ccn4)ccc3)c3cc(-c4c(C([2H])([2H])[2H])cccc4C([2H])([2H])[2H])cc(c31)-c1c([2H])c([2H])c([2H])c([2H])c1-2.[Pt]. The van der Waals surface area contributed by atoms with Crippen LogP contribution in [0, 0.1) is 32.2 Å². The van der Waals surface area contributed by atoms with Crippen molar-refractivity contribution in [1.29, 1.82) is 0 Å². The zero-order valence-electron chi connectivity index (χ0n) is 56.4. The number of rotatable bonds is 6. The standard InChI is InChI=1S/C70H56N4O.Pt/c1-44-18-15-19-45(2)66(44)47-38-61-57-25-12-10-23-55(57)54-22-9-11-24-56(54)60-28-17-27-53(46-30-32-48(33-31-46)69(3,4)5)67(60)73-43-72(64(39-47)68(61)73)50-20-16-21-51(41-50)75-52-34-35-59-58-26-13-14-29-62(58)74(63(59)42-52)65-40-49(36-37-71-65)70(6,7)8;/h9-40H,1-8H3;/q-2;/i1D3,2D3,9D,10D,11D,12D,22D,23D,24D,25D;. The predicted octanol–water partition coefficient (Wildman–Crippen LogP) is 17.4. The van der Waals surface area contributed by atoms with E-state index < -0.39 is 62.0 Å². The first-order valence-corrected chi connectivity index (χ1v) is 24.8. The Bertz CT molecular complexity index is 4940. The molecule has 3 aromatic heterocycles. The number of benzene rings is 9. The molecule has 0 bridgehead atoms. The molecule has 76 heavy (non-hydrogen) atoms. The normalized spacial score (nSPS) is 15.1. The van der Waals surface area contributed by atoms with Gasteiger partial charge in [-0.1, -0.05) is 180 Å². The van der Waals surface area contributed by atoms with Gasteiger partial charge < -0.3 is 13.9 Å². The number of para-hydroxylation sites is 2. The molecule has 0 spiro atoms. The molecule has 374 valence electrons. The summed E-state index contributed by atoms with van der Waals surface area (Å²) in [6.45, 7) is 6.98. The third-order valence-corrected chi connectivity index (χ3v) is 14.2. The van der Waals surface area contributed by atoms with Crippen LogP contribution in [0.5, 0.6) is 11.5 Å². The molecule has 0 N–H and O–H groups in total. The zero-order valence-corrected chi connectivity index (χ0v) is 44.6. The van der Waals surface area contributed by atoms with Gasteiger partial charge in [0, 0.05) is 52.5 Å². The number of nitrogens with zero attached hydrogens (tertiary/aromatic N) is 4. The summed E-state index contributed by atoms with van der Waals surface area (Å²) in [4.78, 5) is 4.84. The number of aromatic nitrogens is 4. The van der Waals surface area contributed by atoms with Crippen LogP contribution in [0.15, 0.2) is 194 Å². The van der Waals surface area contributed by atoms with Crippen molar-refractivity contribution < 1.29 is 49.6 Å². The molecule has 0 unspecified atom stereocenters. The van der Waals surface area contributed by atoms with Crippen LogP contribution in [-0.2, 0) is 31.9 Å². The molecule has 6 heteroatoms. The van der Waals surface area contributed by atoms with Crippen molar-refractivity contribution in [2.75, 3.05) is 0 Å². The molecule has 0 saturated carbocycles. The summed E-state index contributed by atoms with van der Waals surface area (Å²) in [5.41, 5.74) is 4.50. The smallest absolute Gasteiger partial charge is 0.268 e. The van der Waals surface area contributed by atoms with Crippen LogP contribution in [0.3, 0.4) is 0 Å². The fraction of sp³-hybridized carbons (Fsp3) is 0.143. The molecule has 0 saturated heterocycles. The molecule has 4 heterocycles. The van der Waals surface area contributed by atoms with E-state index in [1.807, 2.05) is 66.7 Å². The molecule has 0 amide bonds. The number of aryl methyl sites for hydroxylation is 2. The van der Waals surface area contributed by atoms with Crippen LogP contribution in [-0.4, -0.2) is 14.1 Å². The minimum Gasteiger partial charge on any atom is -0.510 e. The Morgan fingerprint density at radius 3 is 1.91 bits per heavy atom. The summed E-state index contributed by atoms with van der Waals surface area (Å²) in [5.74, 6) is 1.27. The Labute approximate surface area is 479 Å². The van der Waals surface area contributed by atoms with Gasteiger partial charge in [0.2, 0.25) is 0 Å². The van der Waals surface area contributed by atoms with Crippen molar-refractivity contribution >= 4 is 32.8 Å². The zero-order chi connectivity index (χ0) is 63.3. The minimum atomic E-state index is -2.89. The Morgan fingerprint density at radius 2 is 1.20 bits per heavy atom. The van der Waals surface area contributed by atoms with Crippen molar-refractivity contribution in [3.63, 3.8) is 0 Å². The first-order chi connectivity index (χ1) is 42.0. The summed E-state index contributed by atoms with van der Waals surface area (Å²) in [7, 11) is 0.